The number of fused-ring (bicyclic) bond motifs is 1. The van der Waals surface area contributed by atoms with Gasteiger partial charge < -0.3 is 10.2 Å². The SMILES string of the molecule is Cc1cc2c(NN3CCOCC3)nc(Cl)nc2s1. The van der Waals surface area contributed by atoms with Crippen LogP contribution in [0.2, 0.25) is 5.28 Å². The Balaban J connectivity index is 1.94. The number of hydrazine groups is 1. The minimum Gasteiger partial charge on any atom is -0.379 e. The van der Waals surface area contributed by atoms with Gasteiger partial charge in [0.15, 0.2) is 5.82 Å². The molecule has 1 N–H and O–H groups in total. The van der Waals surface area contributed by atoms with Crippen LogP contribution < -0.4 is 5.43 Å². The fraction of sp³-hybridized carbons (Fsp3) is 0.455. The molecule has 7 heteroatoms. The lowest BCUT2D eigenvalue weighted by molar-refractivity contribution is 0.0495. The summed E-state index contributed by atoms with van der Waals surface area (Å²) in [6, 6.07) is 2.08. The molecule has 1 saturated heterocycles. The maximum atomic E-state index is 5.95. The summed E-state index contributed by atoms with van der Waals surface area (Å²) in [6.07, 6.45) is 0. The summed E-state index contributed by atoms with van der Waals surface area (Å²) in [5, 5.41) is 3.39. The maximum absolute atomic E-state index is 5.95. The molecule has 1 aliphatic heterocycles. The van der Waals surface area contributed by atoms with Crippen molar-refractivity contribution in [1.29, 1.82) is 0 Å². The van der Waals surface area contributed by atoms with Gasteiger partial charge in [-0.3, -0.25) is 0 Å². The van der Waals surface area contributed by atoms with Crippen LogP contribution >= 0.6 is 22.9 Å². The normalized spacial score (nSPS) is 17.2. The Bertz CT molecular complexity index is 567. The molecule has 0 spiro atoms. The summed E-state index contributed by atoms with van der Waals surface area (Å²) < 4.78 is 5.31. The summed E-state index contributed by atoms with van der Waals surface area (Å²) in [5.74, 6) is 0.774. The number of anilines is 1. The van der Waals surface area contributed by atoms with Crippen LogP contribution in [0.4, 0.5) is 5.82 Å². The van der Waals surface area contributed by atoms with E-state index in [2.05, 4.69) is 33.4 Å². The van der Waals surface area contributed by atoms with Crippen LogP contribution in [0.1, 0.15) is 4.88 Å². The number of aromatic nitrogens is 2. The van der Waals surface area contributed by atoms with E-state index in [1.165, 1.54) is 4.88 Å². The van der Waals surface area contributed by atoms with Crippen LogP contribution in [-0.2, 0) is 4.74 Å². The molecule has 0 aliphatic carbocycles. The molecule has 0 bridgehead atoms. The largest absolute Gasteiger partial charge is 0.379 e. The van der Waals surface area contributed by atoms with Gasteiger partial charge in [0.05, 0.1) is 18.6 Å². The Kier molecular flexibility index (Phi) is 3.34. The van der Waals surface area contributed by atoms with Gasteiger partial charge in [-0.25, -0.2) is 9.99 Å². The maximum Gasteiger partial charge on any atom is 0.225 e. The van der Waals surface area contributed by atoms with Crippen molar-refractivity contribution in [3.05, 3.63) is 16.2 Å². The Hall–Kier alpha value is -0.950. The van der Waals surface area contributed by atoms with E-state index in [9.17, 15) is 0 Å². The first kappa shape index (κ1) is 12.1. The number of hydrogen-bond donors (Lipinski definition) is 1. The Morgan fingerprint density at radius 2 is 2.17 bits per heavy atom. The average Bonchev–Trinajstić information content (AvgIpc) is 2.71. The Morgan fingerprint density at radius 3 is 2.94 bits per heavy atom. The van der Waals surface area contributed by atoms with E-state index in [4.69, 9.17) is 16.3 Å². The summed E-state index contributed by atoms with van der Waals surface area (Å²) in [7, 11) is 0. The molecule has 0 amide bonds. The van der Waals surface area contributed by atoms with E-state index in [0.717, 1.165) is 42.3 Å². The van der Waals surface area contributed by atoms with Gasteiger partial charge in [-0.15, -0.1) is 11.3 Å². The molecular weight excluding hydrogens is 272 g/mol. The molecule has 3 rings (SSSR count). The van der Waals surface area contributed by atoms with Crippen molar-refractivity contribution in [3.63, 3.8) is 0 Å². The van der Waals surface area contributed by atoms with Crippen LogP contribution in [-0.4, -0.2) is 41.3 Å². The van der Waals surface area contributed by atoms with Gasteiger partial charge in [0.25, 0.3) is 0 Å². The molecule has 5 nitrogen and oxygen atoms in total. The molecule has 0 atom stereocenters. The predicted molar refractivity (Wildman–Crippen MR) is 73.2 cm³/mol. The highest BCUT2D eigenvalue weighted by Gasteiger charge is 2.14. The molecule has 1 aliphatic rings. The molecule has 0 radical (unpaired) electrons. The number of halogens is 1. The first-order valence-electron chi connectivity index (χ1n) is 5.75. The fourth-order valence-corrected chi connectivity index (χ4v) is 3.02. The van der Waals surface area contributed by atoms with Gasteiger partial charge in [0, 0.05) is 18.0 Å². The van der Waals surface area contributed by atoms with Crippen molar-refractivity contribution >= 4 is 39.0 Å². The summed E-state index contributed by atoms with van der Waals surface area (Å²) in [5.41, 5.74) is 3.30. The van der Waals surface area contributed by atoms with Gasteiger partial charge in [-0.2, -0.15) is 4.98 Å². The number of morpholine rings is 1. The zero-order chi connectivity index (χ0) is 12.5. The monoisotopic (exact) mass is 284 g/mol. The number of nitrogens with zero attached hydrogens (tertiary/aromatic N) is 3. The first-order chi connectivity index (χ1) is 8.72. The minimum absolute atomic E-state index is 0.278. The van der Waals surface area contributed by atoms with E-state index in [1.807, 2.05) is 0 Å². The summed E-state index contributed by atoms with van der Waals surface area (Å²) in [4.78, 5) is 10.6. The molecular formula is C11H13ClN4OS. The second-order valence-corrected chi connectivity index (χ2v) is 5.70. The van der Waals surface area contributed by atoms with E-state index < -0.39 is 0 Å². The first-order valence-corrected chi connectivity index (χ1v) is 6.95. The molecule has 18 heavy (non-hydrogen) atoms. The van der Waals surface area contributed by atoms with Crippen molar-refractivity contribution in [3.8, 4) is 0 Å². The summed E-state index contributed by atoms with van der Waals surface area (Å²) >= 11 is 7.58. The third-order valence-electron chi connectivity index (χ3n) is 2.76. The van der Waals surface area contributed by atoms with Crippen LogP contribution in [0.3, 0.4) is 0 Å². The van der Waals surface area contributed by atoms with Gasteiger partial charge in [-0.1, -0.05) is 0 Å². The molecule has 2 aromatic heterocycles. The van der Waals surface area contributed by atoms with E-state index in [1.54, 1.807) is 11.3 Å². The van der Waals surface area contributed by atoms with Crippen LogP contribution in [0, 0.1) is 6.92 Å². The highest BCUT2D eigenvalue weighted by Crippen LogP contribution is 2.29. The smallest absolute Gasteiger partial charge is 0.225 e. The van der Waals surface area contributed by atoms with Crippen molar-refractivity contribution in [2.24, 2.45) is 0 Å². The van der Waals surface area contributed by atoms with Crippen molar-refractivity contribution in [2.75, 3.05) is 31.7 Å². The molecule has 0 aromatic carbocycles. The standard InChI is InChI=1S/C11H13ClN4OS/c1-7-6-8-9(13-11(12)14-10(8)18-7)15-16-2-4-17-5-3-16/h6H,2-5H2,1H3,(H,13,14,15). The third kappa shape index (κ3) is 2.42. The highest BCUT2D eigenvalue weighted by atomic mass is 35.5. The minimum atomic E-state index is 0.278. The van der Waals surface area contributed by atoms with E-state index >= 15 is 0 Å². The third-order valence-corrected chi connectivity index (χ3v) is 3.88. The Labute approximate surface area is 114 Å². The predicted octanol–water partition coefficient (Wildman–Crippen LogP) is 2.31. The zero-order valence-electron chi connectivity index (χ0n) is 9.94. The number of aryl methyl sites for hydroxylation is 1. The van der Waals surface area contributed by atoms with Gasteiger partial charge >= 0.3 is 0 Å². The summed E-state index contributed by atoms with van der Waals surface area (Å²) in [6.45, 7) is 5.20. The highest BCUT2D eigenvalue weighted by molar-refractivity contribution is 7.18. The molecule has 0 saturated carbocycles. The van der Waals surface area contributed by atoms with Crippen LogP contribution in [0.25, 0.3) is 10.2 Å². The quantitative estimate of drug-likeness (QED) is 0.858. The molecule has 1 fully saturated rings. The van der Waals surface area contributed by atoms with E-state index in [-0.39, 0.29) is 5.28 Å². The van der Waals surface area contributed by atoms with Crippen molar-refractivity contribution in [1.82, 2.24) is 15.0 Å². The molecule has 96 valence electrons. The zero-order valence-corrected chi connectivity index (χ0v) is 11.5. The second-order valence-electron chi connectivity index (χ2n) is 4.13. The van der Waals surface area contributed by atoms with Gasteiger partial charge in [0.1, 0.15) is 4.83 Å². The fourth-order valence-electron chi connectivity index (χ4n) is 1.93. The molecule has 3 heterocycles. The Morgan fingerprint density at radius 1 is 1.39 bits per heavy atom. The number of ether oxygens (including phenoxy) is 1. The lowest BCUT2D eigenvalue weighted by atomic mass is 10.3. The topological polar surface area (TPSA) is 50.3 Å². The van der Waals surface area contributed by atoms with Crippen LogP contribution in [0.5, 0.6) is 0 Å². The van der Waals surface area contributed by atoms with Gasteiger partial charge in [0.2, 0.25) is 5.28 Å². The van der Waals surface area contributed by atoms with Crippen molar-refractivity contribution < 1.29 is 4.74 Å². The number of rotatable bonds is 2. The average molecular weight is 285 g/mol. The molecule has 0 unspecified atom stereocenters. The second kappa shape index (κ2) is 4.97. The molecule has 2 aromatic rings. The number of hydrogen-bond acceptors (Lipinski definition) is 6. The number of nitrogens with one attached hydrogen (secondary N) is 1. The lowest BCUT2D eigenvalue weighted by Crippen LogP contribution is -2.40. The van der Waals surface area contributed by atoms with E-state index in [0.29, 0.717) is 0 Å². The van der Waals surface area contributed by atoms with Crippen LogP contribution in [0.15, 0.2) is 6.07 Å². The van der Waals surface area contributed by atoms with Crippen molar-refractivity contribution in [2.45, 2.75) is 6.92 Å². The lowest BCUT2D eigenvalue weighted by Gasteiger charge is -2.27. The number of thiophene rings is 1. The van der Waals surface area contributed by atoms with Gasteiger partial charge in [-0.05, 0) is 24.6 Å².